The van der Waals surface area contributed by atoms with Crippen molar-refractivity contribution in [3.63, 3.8) is 0 Å². The molecule has 1 aromatic carbocycles. The summed E-state index contributed by atoms with van der Waals surface area (Å²) in [6.45, 7) is 3.43. The number of Topliss-reactive ketones (excluding diaryl/α,β-unsaturated/α-hetero) is 1. The molecule has 0 spiro atoms. The van der Waals surface area contributed by atoms with Crippen molar-refractivity contribution in [2.24, 2.45) is 0 Å². The van der Waals surface area contributed by atoms with Gasteiger partial charge < -0.3 is 4.74 Å². The number of ketones is 1. The van der Waals surface area contributed by atoms with E-state index in [4.69, 9.17) is 0 Å². The van der Waals surface area contributed by atoms with E-state index < -0.39 is 5.97 Å². The zero-order valence-corrected chi connectivity index (χ0v) is 10.8. The fraction of sp³-hybridized carbons (Fsp3) is 0.200. The maximum atomic E-state index is 12.0. The second-order valence-corrected chi connectivity index (χ2v) is 3.76. The van der Waals surface area contributed by atoms with Crippen LogP contribution in [0.3, 0.4) is 0 Å². The van der Waals surface area contributed by atoms with E-state index in [0.717, 1.165) is 5.56 Å². The smallest absolute Gasteiger partial charge is 0.341 e. The molecule has 0 saturated heterocycles. The minimum absolute atomic E-state index is 0.0410. The summed E-state index contributed by atoms with van der Waals surface area (Å²) in [7, 11) is 1.26. The standard InChI is InChI=1S/C15H16O3/c1-4-11(2)14(16)13(15(17)18-3)10-12-8-6-5-7-9-12/h4-10H,1-3H3/b11-4+,13-10+. The van der Waals surface area contributed by atoms with Gasteiger partial charge in [0.05, 0.1) is 7.11 Å². The second kappa shape index (κ2) is 6.55. The van der Waals surface area contributed by atoms with E-state index in [2.05, 4.69) is 4.74 Å². The molecule has 0 aliphatic carbocycles. The van der Waals surface area contributed by atoms with Crippen LogP contribution in [0.2, 0.25) is 0 Å². The lowest BCUT2D eigenvalue weighted by atomic mass is 10.0. The Bertz CT molecular complexity index is 496. The van der Waals surface area contributed by atoms with E-state index in [1.54, 1.807) is 26.0 Å². The van der Waals surface area contributed by atoms with Gasteiger partial charge in [-0.3, -0.25) is 4.79 Å². The molecule has 0 unspecified atom stereocenters. The SMILES string of the molecule is C/C=C(\C)C(=O)/C(=C\c1ccccc1)C(=O)OC. The van der Waals surface area contributed by atoms with Crippen LogP contribution in [-0.4, -0.2) is 18.9 Å². The molecule has 0 aliphatic rings. The molecule has 0 atom stereocenters. The number of allylic oxidation sites excluding steroid dienone is 2. The number of hydrogen-bond donors (Lipinski definition) is 0. The van der Waals surface area contributed by atoms with E-state index >= 15 is 0 Å². The molecule has 0 aliphatic heterocycles. The highest BCUT2D eigenvalue weighted by atomic mass is 16.5. The van der Waals surface area contributed by atoms with Crippen LogP contribution in [0.25, 0.3) is 6.08 Å². The monoisotopic (exact) mass is 244 g/mol. The van der Waals surface area contributed by atoms with Crippen molar-refractivity contribution in [3.05, 3.63) is 53.1 Å². The van der Waals surface area contributed by atoms with Crippen LogP contribution in [0, 0.1) is 0 Å². The first-order valence-electron chi connectivity index (χ1n) is 5.62. The molecule has 0 fully saturated rings. The average Bonchev–Trinajstić information content (AvgIpc) is 2.43. The number of ether oxygens (including phenoxy) is 1. The van der Waals surface area contributed by atoms with Crippen LogP contribution in [0.4, 0.5) is 0 Å². The van der Waals surface area contributed by atoms with Gasteiger partial charge in [0.25, 0.3) is 0 Å². The molecule has 0 radical (unpaired) electrons. The Balaban J connectivity index is 3.19. The molecular formula is C15H16O3. The quantitative estimate of drug-likeness (QED) is 0.354. The third-order valence-electron chi connectivity index (χ3n) is 2.55. The van der Waals surface area contributed by atoms with Crippen LogP contribution in [0.1, 0.15) is 19.4 Å². The molecule has 3 nitrogen and oxygen atoms in total. The van der Waals surface area contributed by atoms with E-state index in [1.807, 2.05) is 30.3 Å². The summed E-state index contributed by atoms with van der Waals surface area (Å²) >= 11 is 0. The first-order chi connectivity index (χ1) is 8.60. The van der Waals surface area contributed by atoms with Gasteiger partial charge in [0.15, 0.2) is 5.78 Å². The summed E-state index contributed by atoms with van der Waals surface area (Å²) in [6.07, 6.45) is 3.21. The third kappa shape index (κ3) is 3.42. The van der Waals surface area contributed by atoms with Gasteiger partial charge in [0.1, 0.15) is 5.57 Å². The summed E-state index contributed by atoms with van der Waals surface area (Å²) in [6, 6.07) is 9.19. The Morgan fingerprint density at radius 2 is 1.78 bits per heavy atom. The number of benzene rings is 1. The number of carbonyl (C=O) groups excluding carboxylic acids is 2. The zero-order valence-electron chi connectivity index (χ0n) is 10.8. The number of methoxy groups -OCH3 is 1. The summed E-state index contributed by atoms with van der Waals surface area (Å²) in [5.41, 5.74) is 1.34. The summed E-state index contributed by atoms with van der Waals surface area (Å²) < 4.78 is 4.65. The number of carbonyl (C=O) groups is 2. The minimum atomic E-state index is -0.620. The van der Waals surface area contributed by atoms with Crippen molar-refractivity contribution >= 4 is 17.8 Å². The fourth-order valence-electron chi connectivity index (χ4n) is 1.39. The molecule has 94 valence electrons. The van der Waals surface area contributed by atoms with Crippen LogP contribution in [-0.2, 0) is 14.3 Å². The normalized spacial score (nSPS) is 12.2. The predicted octanol–water partition coefficient (Wildman–Crippen LogP) is 2.78. The Labute approximate surface area is 107 Å². The van der Waals surface area contributed by atoms with Crippen LogP contribution in [0.15, 0.2) is 47.6 Å². The van der Waals surface area contributed by atoms with Gasteiger partial charge in [-0.15, -0.1) is 0 Å². The highest BCUT2D eigenvalue weighted by Gasteiger charge is 2.19. The minimum Gasteiger partial charge on any atom is -0.465 e. The Hall–Kier alpha value is -2.16. The predicted molar refractivity (Wildman–Crippen MR) is 70.9 cm³/mol. The van der Waals surface area contributed by atoms with Gasteiger partial charge in [-0.2, -0.15) is 0 Å². The second-order valence-electron chi connectivity index (χ2n) is 3.76. The van der Waals surface area contributed by atoms with E-state index in [9.17, 15) is 9.59 Å². The van der Waals surface area contributed by atoms with E-state index in [0.29, 0.717) is 5.57 Å². The van der Waals surface area contributed by atoms with Gasteiger partial charge >= 0.3 is 5.97 Å². The lowest BCUT2D eigenvalue weighted by Crippen LogP contribution is -2.15. The number of esters is 1. The summed E-state index contributed by atoms with van der Waals surface area (Å²) in [5.74, 6) is -0.932. The first-order valence-corrected chi connectivity index (χ1v) is 5.62. The summed E-state index contributed by atoms with van der Waals surface area (Å²) in [5, 5.41) is 0. The third-order valence-corrected chi connectivity index (χ3v) is 2.55. The van der Waals surface area contributed by atoms with Crippen LogP contribution < -0.4 is 0 Å². The van der Waals surface area contributed by atoms with Gasteiger partial charge in [0, 0.05) is 0 Å². The van der Waals surface area contributed by atoms with Crippen molar-refractivity contribution in [2.75, 3.05) is 7.11 Å². The van der Waals surface area contributed by atoms with Crippen molar-refractivity contribution in [1.29, 1.82) is 0 Å². The van der Waals surface area contributed by atoms with Gasteiger partial charge in [-0.05, 0) is 31.1 Å². The van der Waals surface area contributed by atoms with Gasteiger partial charge in [-0.25, -0.2) is 4.79 Å². The van der Waals surface area contributed by atoms with Crippen LogP contribution in [0.5, 0.6) is 0 Å². The molecule has 0 amide bonds. The molecular weight excluding hydrogens is 228 g/mol. The highest BCUT2D eigenvalue weighted by molar-refractivity contribution is 6.26. The Morgan fingerprint density at radius 3 is 2.28 bits per heavy atom. The van der Waals surface area contributed by atoms with Crippen molar-refractivity contribution in [2.45, 2.75) is 13.8 Å². The Kier molecular flexibility index (Phi) is 5.06. The zero-order chi connectivity index (χ0) is 13.5. The Morgan fingerprint density at radius 1 is 1.17 bits per heavy atom. The molecule has 1 rings (SSSR count). The molecule has 0 bridgehead atoms. The maximum absolute atomic E-state index is 12.0. The highest BCUT2D eigenvalue weighted by Crippen LogP contribution is 2.13. The first kappa shape index (κ1) is 13.9. The number of rotatable bonds is 4. The molecule has 0 N–H and O–H groups in total. The van der Waals surface area contributed by atoms with Gasteiger partial charge in [0.2, 0.25) is 0 Å². The molecule has 0 heterocycles. The van der Waals surface area contributed by atoms with Crippen molar-refractivity contribution in [1.82, 2.24) is 0 Å². The van der Waals surface area contributed by atoms with E-state index in [-0.39, 0.29) is 11.4 Å². The molecule has 1 aromatic rings. The van der Waals surface area contributed by atoms with E-state index in [1.165, 1.54) is 7.11 Å². The van der Waals surface area contributed by atoms with Crippen molar-refractivity contribution in [3.8, 4) is 0 Å². The molecule has 0 saturated carbocycles. The molecule has 3 heteroatoms. The average molecular weight is 244 g/mol. The molecule has 18 heavy (non-hydrogen) atoms. The lowest BCUT2D eigenvalue weighted by molar-refractivity contribution is -0.137. The largest absolute Gasteiger partial charge is 0.465 e. The topological polar surface area (TPSA) is 43.4 Å². The molecule has 0 aromatic heterocycles. The fourth-order valence-corrected chi connectivity index (χ4v) is 1.39. The van der Waals surface area contributed by atoms with Crippen molar-refractivity contribution < 1.29 is 14.3 Å². The summed E-state index contributed by atoms with van der Waals surface area (Å²) in [4.78, 5) is 23.7. The van der Waals surface area contributed by atoms with Gasteiger partial charge in [-0.1, -0.05) is 36.4 Å². The lowest BCUT2D eigenvalue weighted by Gasteiger charge is -2.05. The number of hydrogen-bond acceptors (Lipinski definition) is 3. The maximum Gasteiger partial charge on any atom is 0.341 e. The van der Waals surface area contributed by atoms with Crippen LogP contribution >= 0.6 is 0 Å².